The van der Waals surface area contributed by atoms with Crippen LogP contribution in [-0.2, 0) is 0 Å². The van der Waals surface area contributed by atoms with Gasteiger partial charge in [-0.2, -0.15) is 0 Å². The summed E-state index contributed by atoms with van der Waals surface area (Å²) in [5.41, 5.74) is 6.89. The molecular formula is C22H20O. The van der Waals surface area contributed by atoms with E-state index < -0.39 is 0 Å². The summed E-state index contributed by atoms with van der Waals surface area (Å²) in [7, 11) is 0. The average Bonchev–Trinajstić information content (AvgIpc) is 2.59. The summed E-state index contributed by atoms with van der Waals surface area (Å²) in [5, 5.41) is 0. The second-order valence-corrected chi connectivity index (χ2v) is 5.94. The first-order chi connectivity index (χ1) is 11.1. The molecular weight excluding hydrogens is 280 g/mol. The number of carbonyl (C=O) groups excluding carboxylic acids is 1. The fourth-order valence-corrected chi connectivity index (χ4v) is 2.99. The first kappa shape index (κ1) is 15.2. The van der Waals surface area contributed by atoms with Gasteiger partial charge in [0.2, 0.25) is 0 Å². The van der Waals surface area contributed by atoms with Gasteiger partial charge in [-0.1, -0.05) is 66.7 Å². The van der Waals surface area contributed by atoms with Crippen LogP contribution in [-0.4, -0.2) is 5.78 Å². The Hall–Kier alpha value is -2.67. The van der Waals surface area contributed by atoms with Crippen LogP contribution in [0.2, 0.25) is 0 Å². The van der Waals surface area contributed by atoms with Crippen molar-refractivity contribution in [1.29, 1.82) is 0 Å². The van der Waals surface area contributed by atoms with Crippen LogP contribution in [0.15, 0.2) is 66.7 Å². The monoisotopic (exact) mass is 300 g/mol. The molecule has 1 nitrogen and oxygen atoms in total. The predicted octanol–water partition coefficient (Wildman–Crippen LogP) is 5.51. The molecule has 3 rings (SSSR count). The van der Waals surface area contributed by atoms with Crippen molar-refractivity contribution in [3.63, 3.8) is 0 Å². The van der Waals surface area contributed by atoms with Crippen LogP contribution in [0.1, 0.15) is 32.6 Å². The Balaban J connectivity index is 2.18. The molecule has 0 fully saturated rings. The molecule has 3 aromatic rings. The lowest BCUT2D eigenvalue weighted by Crippen LogP contribution is -2.09. The lowest BCUT2D eigenvalue weighted by Gasteiger charge is -2.14. The fourth-order valence-electron chi connectivity index (χ4n) is 2.99. The first-order valence-corrected chi connectivity index (χ1v) is 7.85. The van der Waals surface area contributed by atoms with Crippen LogP contribution in [0.5, 0.6) is 0 Å². The van der Waals surface area contributed by atoms with E-state index >= 15 is 0 Å². The molecule has 0 heterocycles. The highest BCUT2D eigenvalue weighted by atomic mass is 16.1. The van der Waals surface area contributed by atoms with Crippen LogP contribution in [0.4, 0.5) is 0 Å². The molecule has 1 heteroatoms. The van der Waals surface area contributed by atoms with Gasteiger partial charge in [0.15, 0.2) is 5.78 Å². The Kier molecular flexibility index (Phi) is 4.12. The zero-order valence-electron chi connectivity index (χ0n) is 13.8. The maximum absolute atomic E-state index is 13.2. The van der Waals surface area contributed by atoms with E-state index in [1.54, 1.807) is 0 Å². The maximum Gasteiger partial charge on any atom is 0.194 e. The second kappa shape index (κ2) is 6.21. The first-order valence-electron chi connectivity index (χ1n) is 7.85. The number of carbonyl (C=O) groups is 1. The molecule has 0 aliphatic heterocycles. The van der Waals surface area contributed by atoms with E-state index in [9.17, 15) is 4.79 Å². The topological polar surface area (TPSA) is 17.1 Å². The van der Waals surface area contributed by atoms with Crippen molar-refractivity contribution < 1.29 is 4.79 Å². The zero-order chi connectivity index (χ0) is 16.4. The van der Waals surface area contributed by atoms with Gasteiger partial charge in [-0.05, 0) is 48.6 Å². The maximum atomic E-state index is 13.2. The van der Waals surface area contributed by atoms with Crippen LogP contribution >= 0.6 is 0 Å². The lowest BCUT2D eigenvalue weighted by atomic mass is 9.88. The quantitative estimate of drug-likeness (QED) is 0.583. The van der Waals surface area contributed by atoms with Gasteiger partial charge in [0, 0.05) is 11.1 Å². The fraction of sp³-hybridized carbons (Fsp3) is 0.136. The summed E-state index contributed by atoms with van der Waals surface area (Å²) in [4.78, 5) is 13.2. The highest BCUT2D eigenvalue weighted by molar-refractivity contribution is 6.14. The minimum atomic E-state index is 0.100. The molecule has 0 radical (unpaired) electrons. The van der Waals surface area contributed by atoms with E-state index in [0.717, 1.165) is 38.9 Å². The lowest BCUT2D eigenvalue weighted by molar-refractivity contribution is 0.103. The minimum absolute atomic E-state index is 0.100. The van der Waals surface area contributed by atoms with Crippen LogP contribution in [0.3, 0.4) is 0 Å². The number of rotatable bonds is 3. The molecule has 0 amide bonds. The summed E-state index contributed by atoms with van der Waals surface area (Å²) in [6.45, 7) is 6.08. The molecule has 0 saturated heterocycles. The molecule has 0 aliphatic carbocycles. The molecule has 0 N–H and O–H groups in total. The summed E-state index contributed by atoms with van der Waals surface area (Å²) < 4.78 is 0. The standard InChI is InChI=1S/C22H20O/c1-15-13-14-16(2)21(17(15)3)22(23)20-12-8-7-11-19(20)18-9-5-4-6-10-18/h4-14H,1-3H3. The van der Waals surface area contributed by atoms with E-state index in [1.807, 2.05) is 74.5 Å². The number of benzene rings is 3. The Bertz CT molecular complexity index is 860. The summed E-state index contributed by atoms with van der Waals surface area (Å²) in [6.07, 6.45) is 0. The summed E-state index contributed by atoms with van der Waals surface area (Å²) in [6, 6.07) is 22.0. The van der Waals surface area contributed by atoms with Crippen molar-refractivity contribution in [2.24, 2.45) is 0 Å². The summed E-state index contributed by atoms with van der Waals surface area (Å²) in [5.74, 6) is 0.100. The van der Waals surface area contributed by atoms with Crippen molar-refractivity contribution in [3.8, 4) is 11.1 Å². The van der Waals surface area contributed by atoms with Crippen molar-refractivity contribution >= 4 is 5.78 Å². The van der Waals surface area contributed by atoms with Gasteiger partial charge >= 0.3 is 0 Å². The van der Waals surface area contributed by atoms with Gasteiger partial charge in [-0.25, -0.2) is 0 Å². The number of hydrogen-bond donors (Lipinski definition) is 0. The molecule has 0 unspecified atom stereocenters. The van der Waals surface area contributed by atoms with Gasteiger partial charge in [0.05, 0.1) is 0 Å². The van der Waals surface area contributed by atoms with Crippen molar-refractivity contribution in [1.82, 2.24) is 0 Å². The Morgan fingerprint density at radius 2 is 1.30 bits per heavy atom. The smallest absolute Gasteiger partial charge is 0.194 e. The normalized spacial score (nSPS) is 10.6. The third-order valence-corrected chi connectivity index (χ3v) is 4.43. The molecule has 0 bridgehead atoms. The molecule has 0 atom stereocenters. The van der Waals surface area contributed by atoms with Crippen molar-refractivity contribution in [2.45, 2.75) is 20.8 Å². The summed E-state index contributed by atoms with van der Waals surface area (Å²) >= 11 is 0. The van der Waals surface area contributed by atoms with E-state index in [0.29, 0.717) is 0 Å². The highest BCUT2D eigenvalue weighted by Gasteiger charge is 2.18. The van der Waals surface area contributed by atoms with Gasteiger partial charge in [0.25, 0.3) is 0 Å². The molecule has 0 spiro atoms. The van der Waals surface area contributed by atoms with E-state index in [4.69, 9.17) is 0 Å². The number of hydrogen-bond acceptors (Lipinski definition) is 1. The average molecular weight is 300 g/mol. The zero-order valence-corrected chi connectivity index (χ0v) is 13.8. The van der Waals surface area contributed by atoms with Crippen molar-refractivity contribution in [2.75, 3.05) is 0 Å². The molecule has 23 heavy (non-hydrogen) atoms. The van der Waals surface area contributed by atoms with Crippen molar-refractivity contribution in [3.05, 3.63) is 94.5 Å². The Morgan fingerprint density at radius 1 is 0.696 bits per heavy atom. The van der Waals surface area contributed by atoms with Gasteiger partial charge in [-0.15, -0.1) is 0 Å². The third-order valence-electron chi connectivity index (χ3n) is 4.43. The molecule has 0 saturated carbocycles. The third kappa shape index (κ3) is 2.83. The van der Waals surface area contributed by atoms with Crippen LogP contribution < -0.4 is 0 Å². The SMILES string of the molecule is Cc1ccc(C)c(C(=O)c2ccccc2-c2ccccc2)c1C. The van der Waals surface area contributed by atoms with Crippen LogP contribution in [0, 0.1) is 20.8 Å². The van der Waals surface area contributed by atoms with E-state index in [1.165, 1.54) is 0 Å². The number of aryl methyl sites for hydroxylation is 2. The van der Waals surface area contributed by atoms with Gasteiger partial charge in [0.1, 0.15) is 0 Å². The molecule has 0 aromatic heterocycles. The van der Waals surface area contributed by atoms with Gasteiger partial charge in [-0.3, -0.25) is 4.79 Å². The Morgan fingerprint density at radius 3 is 2.04 bits per heavy atom. The van der Waals surface area contributed by atoms with Crippen LogP contribution in [0.25, 0.3) is 11.1 Å². The van der Waals surface area contributed by atoms with E-state index in [2.05, 4.69) is 13.0 Å². The second-order valence-electron chi connectivity index (χ2n) is 5.94. The number of ketones is 1. The van der Waals surface area contributed by atoms with Gasteiger partial charge < -0.3 is 0 Å². The van der Waals surface area contributed by atoms with E-state index in [-0.39, 0.29) is 5.78 Å². The molecule has 0 aliphatic rings. The largest absolute Gasteiger partial charge is 0.289 e. The minimum Gasteiger partial charge on any atom is -0.289 e. The predicted molar refractivity (Wildman–Crippen MR) is 96.0 cm³/mol. The Labute approximate surface area is 137 Å². The highest BCUT2D eigenvalue weighted by Crippen LogP contribution is 2.28. The molecule has 114 valence electrons. The molecule has 3 aromatic carbocycles.